The van der Waals surface area contributed by atoms with Crippen LogP contribution in [0.1, 0.15) is 37.4 Å². The SMILES string of the molecule is CCC(C)[n+]1c(-c2ccccc2)cc(-c2ccccc2)c2c1-c1ccccc1CC2.[O-][Cl+3]([O-])([O-])[O-]. The molecule has 1 aliphatic rings. The van der Waals surface area contributed by atoms with Crippen LogP contribution in [0.25, 0.3) is 33.6 Å². The third kappa shape index (κ3) is 5.78. The molecule has 5 rings (SSSR count). The Hall–Kier alpha value is -3.06. The van der Waals surface area contributed by atoms with Gasteiger partial charge in [0.1, 0.15) is 0 Å². The number of aryl methyl sites for hydroxylation is 1. The Kier molecular flexibility index (Phi) is 7.65. The molecule has 1 atom stereocenters. The van der Waals surface area contributed by atoms with Gasteiger partial charge in [-0.05, 0) is 54.7 Å². The van der Waals surface area contributed by atoms with Crippen molar-refractivity contribution >= 4 is 0 Å². The van der Waals surface area contributed by atoms with Gasteiger partial charge in [-0.1, -0.05) is 73.7 Å². The van der Waals surface area contributed by atoms with E-state index in [0.29, 0.717) is 6.04 Å². The van der Waals surface area contributed by atoms with Gasteiger partial charge in [-0.2, -0.15) is 4.57 Å². The number of aromatic nitrogens is 1. The molecule has 0 spiro atoms. The van der Waals surface area contributed by atoms with E-state index in [9.17, 15) is 0 Å². The first-order valence-electron chi connectivity index (χ1n) is 11.7. The highest BCUT2D eigenvalue weighted by Gasteiger charge is 2.33. The standard InChI is InChI=1S/C29H28N.ClHO4/c1-3-21(2)30-28(24-15-8-5-9-16-24)20-27(22-12-6-4-7-13-22)26-19-18-23-14-10-11-17-25(23)29(26)30;2-1(3,4)5/h4-17,20-21H,3,18-19H2,1-2H3;(H,2,3,4,5)/q+1;/p-1. The Morgan fingerprint density at radius 2 is 1.29 bits per heavy atom. The maximum Gasteiger partial charge on any atom is 0.217 e. The van der Waals surface area contributed by atoms with Crippen molar-refractivity contribution in [2.75, 3.05) is 0 Å². The van der Waals surface area contributed by atoms with Crippen LogP contribution in [-0.2, 0) is 12.8 Å². The minimum Gasteiger partial charge on any atom is -0.222 e. The van der Waals surface area contributed by atoms with E-state index >= 15 is 0 Å². The quantitative estimate of drug-likeness (QED) is 0.411. The highest BCUT2D eigenvalue weighted by atomic mass is 35.7. The second kappa shape index (κ2) is 10.7. The zero-order chi connectivity index (χ0) is 25.0. The summed E-state index contributed by atoms with van der Waals surface area (Å²) in [5, 5.41) is 0. The fraction of sp³-hybridized carbons (Fsp3) is 0.207. The molecule has 0 saturated carbocycles. The molecular formula is C29H28ClNO4. The fourth-order valence-electron chi connectivity index (χ4n) is 4.81. The maximum atomic E-state index is 8.49. The van der Waals surface area contributed by atoms with Crippen LogP contribution in [0.15, 0.2) is 91.0 Å². The van der Waals surface area contributed by atoms with Gasteiger partial charge in [-0.3, -0.25) is 0 Å². The molecule has 1 heterocycles. The number of hydrogen-bond acceptors (Lipinski definition) is 4. The third-order valence-electron chi connectivity index (χ3n) is 6.50. The van der Waals surface area contributed by atoms with Gasteiger partial charge in [0.2, 0.25) is 11.4 Å². The molecule has 1 aromatic heterocycles. The lowest BCUT2D eigenvalue weighted by Gasteiger charge is -2.25. The predicted molar refractivity (Wildman–Crippen MR) is 125 cm³/mol. The van der Waals surface area contributed by atoms with Crippen molar-refractivity contribution in [2.45, 2.75) is 39.2 Å². The summed E-state index contributed by atoms with van der Waals surface area (Å²) < 4.78 is 36.6. The largest absolute Gasteiger partial charge is 0.222 e. The van der Waals surface area contributed by atoms with Gasteiger partial charge < -0.3 is 0 Å². The minimum atomic E-state index is -4.94. The first kappa shape index (κ1) is 25.0. The average molecular weight is 490 g/mol. The second-order valence-electron chi connectivity index (χ2n) is 8.66. The first-order valence-corrected chi connectivity index (χ1v) is 12.9. The topological polar surface area (TPSA) is 96.1 Å². The minimum absolute atomic E-state index is 0.421. The molecule has 1 unspecified atom stereocenters. The maximum absolute atomic E-state index is 8.49. The summed E-state index contributed by atoms with van der Waals surface area (Å²) in [5.41, 5.74) is 11.0. The van der Waals surface area contributed by atoms with Crippen LogP contribution in [0.5, 0.6) is 0 Å². The van der Waals surface area contributed by atoms with Gasteiger partial charge in [0.15, 0.2) is 6.04 Å². The van der Waals surface area contributed by atoms with Crippen molar-refractivity contribution in [3.05, 3.63) is 102 Å². The zero-order valence-corrected chi connectivity index (χ0v) is 20.6. The number of halogens is 1. The number of nitrogens with zero attached hydrogens (tertiary/aromatic N) is 1. The van der Waals surface area contributed by atoms with Gasteiger partial charge >= 0.3 is 0 Å². The lowest BCUT2D eigenvalue weighted by molar-refractivity contribution is -2.00. The Bertz CT molecular complexity index is 1280. The van der Waals surface area contributed by atoms with Gasteiger partial charge in [0, 0.05) is 29.2 Å². The van der Waals surface area contributed by atoms with E-state index in [1.165, 1.54) is 44.8 Å². The Labute approximate surface area is 208 Å². The van der Waals surface area contributed by atoms with Gasteiger partial charge in [0.05, 0.1) is 0 Å². The number of benzene rings is 3. The summed E-state index contributed by atoms with van der Waals surface area (Å²) in [7, 11) is -4.94. The van der Waals surface area contributed by atoms with Gasteiger partial charge in [-0.15, -0.1) is 10.2 Å². The second-order valence-corrected chi connectivity index (χ2v) is 9.42. The van der Waals surface area contributed by atoms with E-state index in [-0.39, 0.29) is 0 Å². The molecule has 0 bridgehead atoms. The van der Waals surface area contributed by atoms with Crippen LogP contribution < -0.4 is 23.2 Å². The molecule has 0 fully saturated rings. The summed E-state index contributed by atoms with van der Waals surface area (Å²) in [6.45, 7) is 4.64. The Balaban J connectivity index is 0.000000527. The highest BCUT2D eigenvalue weighted by molar-refractivity contribution is 5.80. The van der Waals surface area contributed by atoms with E-state index in [1.807, 2.05) is 0 Å². The molecule has 0 saturated heterocycles. The lowest BCUT2D eigenvalue weighted by atomic mass is 9.83. The number of rotatable bonds is 4. The number of fused-ring (bicyclic) bond motifs is 3. The van der Waals surface area contributed by atoms with Crippen molar-refractivity contribution in [3.63, 3.8) is 0 Å². The summed E-state index contributed by atoms with van der Waals surface area (Å²) in [5.74, 6) is 0. The molecular weight excluding hydrogens is 462 g/mol. The van der Waals surface area contributed by atoms with Crippen LogP contribution in [0.2, 0.25) is 0 Å². The number of pyridine rings is 1. The highest BCUT2D eigenvalue weighted by Crippen LogP contribution is 2.39. The van der Waals surface area contributed by atoms with Gasteiger partial charge in [0.25, 0.3) is 0 Å². The van der Waals surface area contributed by atoms with E-state index in [2.05, 4.69) is 109 Å². The van der Waals surface area contributed by atoms with Crippen LogP contribution >= 0.6 is 0 Å². The summed E-state index contributed by atoms with van der Waals surface area (Å²) in [6.07, 6.45) is 3.29. The van der Waals surface area contributed by atoms with E-state index in [4.69, 9.17) is 18.6 Å². The molecule has 0 N–H and O–H groups in total. The van der Waals surface area contributed by atoms with Crippen LogP contribution in [-0.4, -0.2) is 0 Å². The van der Waals surface area contributed by atoms with Crippen molar-refractivity contribution in [1.29, 1.82) is 0 Å². The fourth-order valence-corrected chi connectivity index (χ4v) is 4.81. The Morgan fingerprint density at radius 3 is 1.89 bits per heavy atom. The van der Waals surface area contributed by atoms with E-state index in [1.54, 1.807) is 0 Å². The molecule has 35 heavy (non-hydrogen) atoms. The van der Waals surface area contributed by atoms with Gasteiger partial charge in [-0.25, -0.2) is 18.6 Å². The van der Waals surface area contributed by atoms with Crippen molar-refractivity contribution in [1.82, 2.24) is 0 Å². The summed E-state index contributed by atoms with van der Waals surface area (Å²) in [4.78, 5) is 0. The summed E-state index contributed by atoms with van der Waals surface area (Å²) >= 11 is 0. The Morgan fingerprint density at radius 1 is 0.743 bits per heavy atom. The number of hydrogen-bond donors (Lipinski definition) is 0. The molecule has 6 heteroatoms. The molecule has 4 aromatic rings. The first-order chi connectivity index (χ1) is 16.8. The van der Waals surface area contributed by atoms with E-state index in [0.717, 1.165) is 19.3 Å². The van der Waals surface area contributed by atoms with E-state index < -0.39 is 10.2 Å². The van der Waals surface area contributed by atoms with Crippen molar-refractivity contribution in [3.8, 4) is 33.6 Å². The van der Waals surface area contributed by atoms with Crippen molar-refractivity contribution < 1.29 is 33.4 Å². The smallest absolute Gasteiger partial charge is 0.217 e. The predicted octanol–water partition coefficient (Wildman–Crippen LogP) is 2.29. The monoisotopic (exact) mass is 489 g/mol. The lowest BCUT2D eigenvalue weighted by Crippen LogP contribution is -2.68. The van der Waals surface area contributed by atoms with Crippen LogP contribution in [0.3, 0.4) is 0 Å². The third-order valence-corrected chi connectivity index (χ3v) is 6.50. The molecule has 0 aliphatic heterocycles. The molecule has 5 nitrogen and oxygen atoms in total. The zero-order valence-electron chi connectivity index (χ0n) is 19.8. The normalized spacial score (nSPS) is 13.2. The summed E-state index contributed by atoms with van der Waals surface area (Å²) in [6, 6.07) is 33.6. The van der Waals surface area contributed by atoms with Crippen LogP contribution in [0.4, 0.5) is 0 Å². The molecule has 3 aromatic carbocycles. The average Bonchev–Trinajstić information content (AvgIpc) is 2.87. The molecule has 0 amide bonds. The molecule has 1 aliphatic carbocycles. The molecule has 0 radical (unpaired) electrons. The molecule has 180 valence electrons. The van der Waals surface area contributed by atoms with Crippen molar-refractivity contribution in [2.24, 2.45) is 0 Å². The van der Waals surface area contributed by atoms with Crippen LogP contribution in [0, 0.1) is 10.2 Å².